The highest BCUT2D eigenvalue weighted by Crippen LogP contribution is 2.23. The van der Waals surface area contributed by atoms with Crippen LogP contribution in [0.2, 0.25) is 0 Å². The summed E-state index contributed by atoms with van der Waals surface area (Å²) >= 11 is 0. The van der Waals surface area contributed by atoms with Gasteiger partial charge in [-0.1, -0.05) is 46.0 Å². The summed E-state index contributed by atoms with van der Waals surface area (Å²) in [5, 5.41) is 0. The summed E-state index contributed by atoms with van der Waals surface area (Å²) in [5.74, 6) is 0.911. The number of likely N-dealkylation sites (tertiary alicyclic amines) is 1. The number of nitrogens with zero attached hydrogens (tertiary/aromatic N) is 1. The second-order valence-corrected chi connectivity index (χ2v) is 5.66. The van der Waals surface area contributed by atoms with Crippen molar-refractivity contribution in [3.05, 3.63) is 0 Å². The van der Waals surface area contributed by atoms with E-state index < -0.39 is 0 Å². The van der Waals surface area contributed by atoms with Gasteiger partial charge in [0.15, 0.2) is 0 Å². The Balaban J connectivity index is 0.00000256. The van der Waals surface area contributed by atoms with Crippen molar-refractivity contribution in [1.82, 2.24) is 4.90 Å². The van der Waals surface area contributed by atoms with E-state index in [0.717, 1.165) is 12.0 Å². The Morgan fingerprint density at radius 1 is 1.00 bits per heavy atom. The number of hydrogen-bond acceptors (Lipinski definition) is 1. The fourth-order valence-corrected chi connectivity index (χ4v) is 2.83. The first-order valence-corrected chi connectivity index (χ1v) is 7.49. The predicted octanol–water partition coefficient (Wildman–Crippen LogP) is 5.09. The molecule has 2 atom stereocenters. The molecule has 0 spiro atoms. The van der Waals surface area contributed by atoms with Crippen molar-refractivity contribution in [2.24, 2.45) is 5.92 Å². The Hall–Kier alpha value is 0.690. The molecule has 1 rings (SSSR count). The molecular weight excluding hydrogens is 321 g/mol. The number of hydrogen-bond donors (Lipinski definition) is 0. The van der Waals surface area contributed by atoms with Crippen LogP contribution in [-0.4, -0.2) is 24.0 Å². The van der Waals surface area contributed by atoms with Crippen LogP contribution in [0.25, 0.3) is 0 Å². The van der Waals surface area contributed by atoms with Gasteiger partial charge in [0.2, 0.25) is 0 Å². The molecule has 1 saturated heterocycles. The Kier molecular flexibility index (Phi) is 11.0. The quantitative estimate of drug-likeness (QED) is 0.455. The topological polar surface area (TPSA) is 3.24 Å². The lowest BCUT2D eigenvalue weighted by atomic mass is 9.92. The average Bonchev–Trinajstić information content (AvgIpc) is 2.29. The Morgan fingerprint density at radius 3 is 2.35 bits per heavy atom. The van der Waals surface area contributed by atoms with Gasteiger partial charge in [0.1, 0.15) is 0 Å². The summed E-state index contributed by atoms with van der Waals surface area (Å²) in [4.78, 5) is 2.72. The van der Waals surface area contributed by atoms with E-state index in [9.17, 15) is 0 Å². The van der Waals surface area contributed by atoms with Crippen molar-refractivity contribution in [2.75, 3.05) is 13.1 Å². The minimum absolute atomic E-state index is 0. The molecule has 0 radical (unpaired) electrons. The van der Waals surface area contributed by atoms with E-state index in [1.54, 1.807) is 0 Å². The molecule has 1 heterocycles. The van der Waals surface area contributed by atoms with Gasteiger partial charge in [-0.05, 0) is 45.2 Å². The molecule has 0 N–H and O–H groups in total. The number of piperidine rings is 1. The van der Waals surface area contributed by atoms with E-state index in [4.69, 9.17) is 0 Å². The first-order valence-electron chi connectivity index (χ1n) is 7.49. The van der Waals surface area contributed by atoms with E-state index in [0.29, 0.717) is 0 Å². The summed E-state index contributed by atoms with van der Waals surface area (Å²) in [6, 6.07) is 0.824. The normalized spacial score (nSPS) is 25.6. The van der Waals surface area contributed by atoms with Gasteiger partial charge in [0, 0.05) is 6.04 Å². The smallest absolute Gasteiger partial charge is 0.00925 e. The second kappa shape index (κ2) is 10.6. The van der Waals surface area contributed by atoms with Crippen molar-refractivity contribution in [2.45, 2.75) is 78.2 Å². The zero-order valence-electron chi connectivity index (χ0n) is 12.1. The first-order chi connectivity index (χ1) is 7.75. The van der Waals surface area contributed by atoms with E-state index in [2.05, 4.69) is 25.7 Å². The second-order valence-electron chi connectivity index (χ2n) is 5.66. The van der Waals surface area contributed by atoms with E-state index in [-0.39, 0.29) is 24.0 Å². The van der Waals surface area contributed by atoms with Crippen LogP contribution in [0.4, 0.5) is 0 Å². The fraction of sp³-hybridized carbons (Fsp3) is 1.00. The van der Waals surface area contributed by atoms with Crippen molar-refractivity contribution in [3.63, 3.8) is 0 Å². The van der Waals surface area contributed by atoms with Crippen molar-refractivity contribution in [1.29, 1.82) is 0 Å². The molecule has 1 aliphatic rings. The number of halogens is 1. The molecule has 0 aromatic rings. The Bertz CT molecular complexity index is 172. The van der Waals surface area contributed by atoms with Gasteiger partial charge in [-0.2, -0.15) is 0 Å². The maximum absolute atomic E-state index is 2.72. The zero-order chi connectivity index (χ0) is 11.8. The lowest BCUT2D eigenvalue weighted by Gasteiger charge is -2.37. The van der Waals surface area contributed by atoms with E-state index in [1.807, 2.05) is 0 Å². The predicted molar refractivity (Wildman–Crippen MR) is 88.2 cm³/mol. The Labute approximate surface area is 126 Å². The van der Waals surface area contributed by atoms with Crippen LogP contribution < -0.4 is 0 Å². The molecule has 2 unspecified atom stereocenters. The molecule has 0 aliphatic carbocycles. The third kappa shape index (κ3) is 7.00. The highest BCUT2D eigenvalue weighted by atomic mass is 127. The van der Waals surface area contributed by atoms with Crippen LogP contribution in [0.3, 0.4) is 0 Å². The molecule has 104 valence electrons. The van der Waals surface area contributed by atoms with Crippen molar-refractivity contribution >= 4 is 24.0 Å². The maximum atomic E-state index is 2.72. The molecule has 1 fully saturated rings. The summed E-state index contributed by atoms with van der Waals surface area (Å²) < 4.78 is 0. The lowest BCUT2D eigenvalue weighted by Crippen LogP contribution is -2.42. The molecular formula is C15H32IN. The van der Waals surface area contributed by atoms with Gasteiger partial charge in [-0.15, -0.1) is 24.0 Å². The molecule has 0 aromatic carbocycles. The van der Waals surface area contributed by atoms with Gasteiger partial charge < -0.3 is 4.90 Å². The van der Waals surface area contributed by atoms with Crippen LogP contribution in [-0.2, 0) is 0 Å². The molecule has 0 bridgehead atoms. The van der Waals surface area contributed by atoms with Gasteiger partial charge in [0.05, 0.1) is 0 Å². The zero-order valence-corrected chi connectivity index (χ0v) is 14.4. The standard InChI is InChI=1S/C15H31N.HI/c1-4-5-6-7-8-9-12-16-13-10-11-14(2)15(16)3;/h14-15H,4-13H2,1-3H3;1H. The van der Waals surface area contributed by atoms with Crippen LogP contribution in [0.15, 0.2) is 0 Å². The molecule has 0 amide bonds. The average molecular weight is 353 g/mol. The van der Waals surface area contributed by atoms with Crippen LogP contribution in [0, 0.1) is 5.92 Å². The van der Waals surface area contributed by atoms with E-state index in [1.165, 1.54) is 64.5 Å². The summed E-state index contributed by atoms with van der Waals surface area (Å²) in [6.45, 7) is 9.81. The summed E-state index contributed by atoms with van der Waals surface area (Å²) in [7, 11) is 0. The van der Waals surface area contributed by atoms with Gasteiger partial charge in [-0.25, -0.2) is 0 Å². The van der Waals surface area contributed by atoms with Crippen LogP contribution in [0.1, 0.15) is 72.1 Å². The Morgan fingerprint density at radius 2 is 1.65 bits per heavy atom. The molecule has 0 aromatic heterocycles. The molecule has 0 saturated carbocycles. The largest absolute Gasteiger partial charge is 0.300 e. The molecule has 1 nitrogen and oxygen atoms in total. The minimum Gasteiger partial charge on any atom is -0.300 e. The SMILES string of the molecule is CCCCCCCCN1CCCC(C)C1C.I. The van der Waals surface area contributed by atoms with Gasteiger partial charge in [0.25, 0.3) is 0 Å². The minimum atomic E-state index is 0. The number of unbranched alkanes of at least 4 members (excludes halogenated alkanes) is 5. The van der Waals surface area contributed by atoms with Crippen LogP contribution >= 0.6 is 24.0 Å². The van der Waals surface area contributed by atoms with Crippen molar-refractivity contribution < 1.29 is 0 Å². The monoisotopic (exact) mass is 353 g/mol. The molecule has 1 aliphatic heterocycles. The van der Waals surface area contributed by atoms with Crippen LogP contribution in [0.5, 0.6) is 0 Å². The summed E-state index contributed by atoms with van der Waals surface area (Å²) in [6.07, 6.45) is 11.4. The number of rotatable bonds is 7. The van der Waals surface area contributed by atoms with Gasteiger partial charge in [-0.3, -0.25) is 0 Å². The first kappa shape index (κ1) is 17.7. The lowest BCUT2D eigenvalue weighted by molar-refractivity contribution is 0.112. The maximum Gasteiger partial charge on any atom is 0.00925 e. The molecule has 17 heavy (non-hydrogen) atoms. The highest BCUT2D eigenvalue weighted by Gasteiger charge is 2.23. The van der Waals surface area contributed by atoms with Gasteiger partial charge >= 0.3 is 0 Å². The highest BCUT2D eigenvalue weighted by molar-refractivity contribution is 14.0. The summed E-state index contributed by atoms with van der Waals surface area (Å²) in [5.41, 5.74) is 0. The third-order valence-electron chi connectivity index (χ3n) is 4.30. The van der Waals surface area contributed by atoms with Crippen molar-refractivity contribution in [3.8, 4) is 0 Å². The molecule has 2 heteroatoms. The third-order valence-corrected chi connectivity index (χ3v) is 4.30. The fourth-order valence-electron chi connectivity index (χ4n) is 2.83. The van der Waals surface area contributed by atoms with E-state index >= 15 is 0 Å².